The number of thioether (sulfide) groups is 1. The Morgan fingerprint density at radius 2 is 2.12 bits per heavy atom. The number of methoxy groups -OCH3 is 1. The Bertz CT molecular complexity index is 1120. The minimum absolute atomic E-state index is 0.0223. The molecule has 0 radical (unpaired) electrons. The van der Waals surface area contributed by atoms with Crippen LogP contribution in [-0.2, 0) is 16.0 Å². The zero-order valence-electron chi connectivity index (χ0n) is 19.6. The summed E-state index contributed by atoms with van der Waals surface area (Å²) in [6, 6.07) is 5.59. The SMILES string of the molecule is COc1cc(SC)ccc1C(=O)Nc1nc2c(s1)C[C@@]1(C)CC[C@@H]3[C@H](OC(=O)[C@H]3C)[C@H]1[C@@H]2C. The van der Waals surface area contributed by atoms with E-state index in [0.717, 1.165) is 29.9 Å². The van der Waals surface area contributed by atoms with E-state index >= 15 is 0 Å². The second kappa shape index (κ2) is 8.31. The minimum Gasteiger partial charge on any atom is -0.496 e. The molecule has 2 heterocycles. The van der Waals surface area contributed by atoms with E-state index in [1.807, 2.05) is 25.3 Å². The number of ether oxygens (including phenoxy) is 2. The summed E-state index contributed by atoms with van der Waals surface area (Å²) in [6.45, 7) is 6.54. The Labute approximate surface area is 202 Å². The number of carbonyl (C=O) groups excluding carboxylic acids is 2. The number of hydrogen-bond acceptors (Lipinski definition) is 7. The highest BCUT2D eigenvalue weighted by molar-refractivity contribution is 7.98. The molecule has 8 heteroatoms. The van der Waals surface area contributed by atoms with Gasteiger partial charge in [0.1, 0.15) is 11.9 Å². The molecule has 1 saturated carbocycles. The van der Waals surface area contributed by atoms with Crippen molar-refractivity contribution in [3.8, 4) is 5.75 Å². The molecule has 1 N–H and O–H groups in total. The zero-order valence-corrected chi connectivity index (χ0v) is 21.3. The lowest BCUT2D eigenvalue weighted by Gasteiger charge is -2.51. The number of hydrogen-bond donors (Lipinski definition) is 1. The number of rotatable bonds is 4. The molecule has 2 aliphatic carbocycles. The van der Waals surface area contributed by atoms with Gasteiger partial charge in [-0.2, -0.15) is 0 Å². The Balaban J connectivity index is 1.41. The number of amides is 1. The number of aromatic nitrogens is 1. The summed E-state index contributed by atoms with van der Waals surface area (Å²) >= 11 is 3.17. The molecule has 2 aromatic rings. The molecule has 1 aromatic heterocycles. The van der Waals surface area contributed by atoms with Gasteiger partial charge < -0.3 is 9.47 Å². The van der Waals surface area contributed by atoms with Crippen LogP contribution in [0.1, 0.15) is 60.5 Å². The maximum atomic E-state index is 13.0. The zero-order chi connectivity index (χ0) is 23.5. The Kier molecular flexibility index (Phi) is 5.72. The van der Waals surface area contributed by atoms with Gasteiger partial charge in [0.15, 0.2) is 5.13 Å². The number of nitrogens with zero attached hydrogens (tertiary/aromatic N) is 1. The second-order valence-corrected chi connectivity index (χ2v) is 11.8. The Morgan fingerprint density at radius 1 is 1.33 bits per heavy atom. The van der Waals surface area contributed by atoms with Gasteiger partial charge in [0.05, 0.1) is 24.3 Å². The lowest BCUT2D eigenvalue weighted by molar-refractivity contribution is -0.149. The maximum Gasteiger partial charge on any atom is 0.309 e. The third kappa shape index (κ3) is 3.66. The first-order valence-corrected chi connectivity index (χ1v) is 13.5. The van der Waals surface area contributed by atoms with Crippen molar-refractivity contribution in [3.05, 3.63) is 34.3 Å². The number of fused-ring (bicyclic) bond motifs is 4. The van der Waals surface area contributed by atoms with Crippen LogP contribution in [0.15, 0.2) is 23.1 Å². The van der Waals surface area contributed by atoms with Crippen molar-refractivity contribution < 1.29 is 19.1 Å². The second-order valence-electron chi connectivity index (χ2n) is 9.89. The van der Waals surface area contributed by atoms with Gasteiger partial charge >= 0.3 is 5.97 Å². The third-order valence-corrected chi connectivity index (χ3v) is 9.74. The lowest BCUT2D eigenvalue weighted by Crippen LogP contribution is -2.50. The van der Waals surface area contributed by atoms with Gasteiger partial charge in [-0.15, -0.1) is 23.1 Å². The van der Waals surface area contributed by atoms with Crippen LogP contribution < -0.4 is 10.1 Å². The number of thiazole rings is 1. The van der Waals surface area contributed by atoms with Crippen molar-refractivity contribution >= 4 is 40.1 Å². The van der Waals surface area contributed by atoms with Crippen molar-refractivity contribution in [2.24, 2.45) is 23.2 Å². The maximum absolute atomic E-state index is 13.0. The summed E-state index contributed by atoms with van der Waals surface area (Å²) < 4.78 is 11.4. The predicted molar refractivity (Wildman–Crippen MR) is 130 cm³/mol. The van der Waals surface area contributed by atoms with Gasteiger partial charge in [-0.3, -0.25) is 14.9 Å². The van der Waals surface area contributed by atoms with E-state index in [1.54, 1.807) is 36.3 Å². The van der Waals surface area contributed by atoms with E-state index in [0.29, 0.717) is 22.4 Å². The number of carbonyl (C=O) groups is 2. The Hall–Kier alpha value is -2.06. The summed E-state index contributed by atoms with van der Waals surface area (Å²) in [5.74, 6) is 0.973. The normalized spacial score (nSPS) is 32.4. The van der Waals surface area contributed by atoms with Crippen LogP contribution >= 0.6 is 23.1 Å². The van der Waals surface area contributed by atoms with Crippen LogP contribution in [0.3, 0.4) is 0 Å². The highest BCUT2D eigenvalue weighted by Crippen LogP contribution is 2.59. The summed E-state index contributed by atoms with van der Waals surface area (Å²) in [7, 11) is 1.58. The molecular weight excluding hydrogens is 456 g/mol. The molecule has 1 aliphatic heterocycles. The van der Waals surface area contributed by atoms with E-state index in [9.17, 15) is 9.59 Å². The largest absolute Gasteiger partial charge is 0.496 e. The molecule has 2 fully saturated rings. The van der Waals surface area contributed by atoms with E-state index < -0.39 is 0 Å². The van der Waals surface area contributed by atoms with Crippen LogP contribution in [0.25, 0.3) is 0 Å². The number of benzene rings is 1. The average molecular weight is 487 g/mol. The van der Waals surface area contributed by atoms with Crippen LogP contribution in [0.5, 0.6) is 5.75 Å². The fourth-order valence-corrected chi connectivity index (χ4v) is 7.97. The lowest BCUT2D eigenvalue weighted by atomic mass is 9.54. The molecular formula is C25H30N2O4S2. The van der Waals surface area contributed by atoms with Gasteiger partial charge in [0.2, 0.25) is 0 Å². The summed E-state index contributed by atoms with van der Waals surface area (Å²) in [6.07, 6.45) is 4.98. The first-order valence-electron chi connectivity index (χ1n) is 11.5. The molecule has 3 aliphatic rings. The van der Waals surface area contributed by atoms with Gasteiger partial charge in [-0.05, 0) is 49.1 Å². The van der Waals surface area contributed by atoms with Gasteiger partial charge in [-0.25, -0.2) is 4.98 Å². The topological polar surface area (TPSA) is 77.5 Å². The number of nitrogens with one attached hydrogen (secondary N) is 1. The third-order valence-electron chi connectivity index (χ3n) is 8.03. The number of anilines is 1. The van der Waals surface area contributed by atoms with E-state index in [4.69, 9.17) is 14.5 Å². The van der Waals surface area contributed by atoms with Crippen molar-refractivity contribution in [3.63, 3.8) is 0 Å². The summed E-state index contributed by atoms with van der Waals surface area (Å²) in [5, 5.41) is 3.61. The monoisotopic (exact) mass is 486 g/mol. The highest BCUT2D eigenvalue weighted by atomic mass is 32.2. The van der Waals surface area contributed by atoms with Gasteiger partial charge in [0.25, 0.3) is 5.91 Å². The van der Waals surface area contributed by atoms with Crippen molar-refractivity contribution in [2.45, 2.75) is 57.0 Å². The van der Waals surface area contributed by atoms with Gasteiger partial charge in [0, 0.05) is 27.5 Å². The van der Waals surface area contributed by atoms with Crippen LogP contribution in [0.2, 0.25) is 0 Å². The first-order chi connectivity index (χ1) is 15.8. The van der Waals surface area contributed by atoms with E-state index in [2.05, 4.69) is 19.2 Å². The smallest absolute Gasteiger partial charge is 0.309 e. The van der Waals surface area contributed by atoms with Crippen molar-refractivity contribution in [1.82, 2.24) is 4.98 Å². The molecule has 6 nitrogen and oxygen atoms in total. The van der Waals surface area contributed by atoms with Crippen molar-refractivity contribution in [1.29, 1.82) is 0 Å². The van der Waals surface area contributed by atoms with E-state index in [-0.39, 0.29) is 41.1 Å². The number of esters is 1. The molecule has 0 spiro atoms. The molecule has 1 aromatic carbocycles. The fraction of sp³-hybridized carbons (Fsp3) is 0.560. The molecule has 5 rings (SSSR count). The van der Waals surface area contributed by atoms with Crippen LogP contribution in [-0.4, -0.2) is 36.3 Å². The molecule has 6 atom stereocenters. The van der Waals surface area contributed by atoms with Crippen molar-refractivity contribution in [2.75, 3.05) is 18.7 Å². The predicted octanol–water partition coefficient (Wildman–Crippen LogP) is 5.38. The fourth-order valence-electron chi connectivity index (χ4n) is 6.28. The first kappa shape index (κ1) is 22.7. The standard InChI is InChI=1S/C25H30N2O4S2/c1-12-15-8-9-25(3)11-18-20(13(2)19(25)21(15)31-23(12)29)26-24(33-18)27-22(28)16-7-6-14(32-5)10-17(16)30-4/h6-7,10,12-13,15,19,21H,8-9,11H2,1-5H3,(H,26,27,28)/t12-,13-,15-,19+,21-,25+/m0/s1. The molecule has 1 saturated heterocycles. The van der Waals surface area contributed by atoms with Crippen LogP contribution in [0.4, 0.5) is 5.13 Å². The summed E-state index contributed by atoms with van der Waals surface area (Å²) in [4.78, 5) is 32.5. The molecule has 0 bridgehead atoms. The minimum atomic E-state index is -0.222. The molecule has 33 heavy (non-hydrogen) atoms. The quantitative estimate of drug-likeness (QED) is 0.462. The molecule has 176 valence electrons. The summed E-state index contributed by atoms with van der Waals surface area (Å²) in [5.41, 5.74) is 1.60. The van der Waals surface area contributed by atoms with Crippen LogP contribution in [0, 0.1) is 23.2 Å². The molecule has 0 unspecified atom stereocenters. The highest BCUT2D eigenvalue weighted by Gasteiger charge is 2.58. The molecule has 1 amide bonds. The van der Waals surface area contributed by atoms with Gasteiger partial charge in [-0.1, -0.05) is 20.8 Å². The Morgan fingerprint density at radius 3 is 2.85 bits per heavy atom. The average Bonchev–Trinajstić information content (AvgIpc) is 3.32. The van der Waals surface area contributed by atoms with E-state index in [1.165, 1.54) is 4.88 Å².